The molecular weight excluding hydrogens is 286 g/mol. The average Bonchev–Trinajstić information content (AvgIpc) is 2.43. The smallest absolute Gasteiger partial charge is 0.291 e. The van der Waals surface area contributed by atoms with Crippen LogP contribution in [0.3, 0.4) is 0 Å². The van der Waals surface area contributed by atoms with Gasteiger partial charge in [0, 0.05) is 0 Å². The molecule has 1 aromatic carbocycles. The van der Waals surface area contributed by atoms with Gasteiger partial charge in [0.1, 0.15) is 0 Å². The first-order valence-electron chi connectivity index (χ1n) is 6.92. The van der Waals surface area contributed by atoms with Crippen LogP contribution in [-0.2, 0) is 0 Å². The number of hydrogen-bond acceptors (Lipinski definition) is 4. The van der Waals surface area contributed by atoms with Gasteiger partial charge in [-0.25, -0.2) is 0 Å². The van der Waals surface area contributed by atoms with E-state index in [1.165, 1.54) is 18.4 Å². The van der Waals surface area contributed by atoms with Crippen molar-refractivity contribution in [2.24, 2.45) is 21.7 Å². The van der Waals surface area contributed by atoms with Gasteiger partial charge in [0.15, 0.2) is 0 Å². The van der Waals surface area contributed by atoms with E-state index in [4.69, 9.17) is 26.8 Å². The van der Waals surface area contributed by atoms with E-state index in [-0.39, 0.29) is 5.96 Å². The van der Waals surface area contributed by atoms with Gasteiger partial charge >= 0.3 is 0 Å². The van der Waals surface area contributed by atoms with Gasteiger partial charge in [-0.05, 0) is 25.3 Å². The van der Waals surface area contributed by atoms with E-state index in [0.29, 0.717) is 0 Å². The molecular formula is C14H23N5O3. The molecule has 1 rings (SSSR count). The summed E-state index contributed by atoms with van der Waals surface area (Å²) in [6.45, 7) is 4.24. The number of nitrogens with zero attached hydrogens (tertiary/aromatic N) is 3. The van der Waals surface area contributed by atoms with Crippen LogP contribution in [0.5, 0.6) is 0 Å². The average molecular weight is 309 g/mol. The maximum atomic E-state index is 8.36. The molecule has 22 heavy (non-hydrogen) atoms. The van der Waals surface area contributed by atoms with E-state index in [0.717, 1.165) is 24.1 Å². The minimum Gasteiger partial charge on any atom is -0.369 e. The van der Waals surface area contributed by atoms with E-state index in [1.807, 2.05) is 0 Å². The molecule has 0 aliphatic rings. The molecule has 0 aliphatic heterocycles. The number of benzene rings is 1. The molecule has 0 spiro atoms. The Hall–Kier alpha value is -2.64. The van der Waals surface area contributed by atoms with Crippen LogP contribution >= 0.6 is 0 Å². The fraction of sp³-hybridized carbons (Fsp3) is 0.429. The normalized spacial score (nSPS) is 10.4. The van der Waals surface area contributed by atoms with Crippen molar-refractivity contribution < 1.29 is 10.3 Å². The van der Waals surface area contributed by atoms with Crippen LogP contribution < -0.4 is 11.5 Å². The Balaban J connectivity index is 0.000000980. The summed E-state index contributed by atoms with van der Waals surface area (Å²) in [6.07, 6.45) is 4.37. The third kappa shape index (κ3) is 10.2. The highest BCUT2D eigenvalue weighted by atomic mass is 16.9. The molecule has 0 fully saturated rings. The summed E-state index contributed by atoms with van der Waals surface area (Å²) >= 11 is 0. The lowest BCUT2D eigenvalue weighted by Crippen LogP contribution is -2.22. The summed E-state index contributed by atoms with van der Waals surface area (Å²) in [4.78, 5) is 8.36. The van der Waals surface area contributed by atoms with Gasteiger partial charge in [-0.15, -0.1) is 15.2 Å². The lowest BCUT2D eigenvalue weighted by molar-refractivity contribution is -0.742. The van der Waals surface area contributed by atoms with Crippen LogP contribution in [0.15, 0.2) is 34.5 Å². The summed E-state index contributed by atoms with van der Waals surface area (Å²) in [5.74, 6) is -0.00453. The summed E-state index contributed by atoms with van der Waals surface area (Å²) in [5.41, 5.74) is 13.9. The zero-order valence-corrected chi connectivity index (χ0v) is 12.9. The Labute approximate surface area is 129 Å². The molecule has 5 N–H and O–H groups in total. The quantitative estimate of drug-likeness (QED) is 0.243. The van der Waals surface area contributed by atoms with Crippen molar-refractivity contribution in [1.29, 1.82) is 0 Å². The molecule has 0 amide bonds. The lowest BCUT2D eigenvalue weighted by atomic mass is 10.0. The highest BCUT2D eigenvalue weighted by Gasteiger charge is 2.03. The van der Waals surface area contributed by atoms with Crippen molar-refractivity contribution in [2.45, 2.75) is 39.5 Å². The minimum absolute atomic E-state index is 0.00453. The van der Waals surface area contributed by atoms with E-state index in [1.54, 1.807) is 0 Å². The topological polar surface area (TPSA) is 140 Å². The standard InChI is InChI=1S/C14H22N4.HNO3/c1-3-4-5-6-13(17-18-14(15)16)12-9-7-11(2)8-10-12;2-1(3)4/h7-10H,3-6H2,1-2H3,(H4,15,16,18);(H,2,3,4)/b17-13+;. The highest BCUT2D eigenvalue weighted by Crippen LogP contribution is 2.11. The Kier molecular flexibility index (Phi) is 9.74. The van der Waals surface area contributed by atoms with Crippen molar-refractivity contribution in [3.8, 4) is 0 Å². The maximum Gasteiger partial charge on any atom is 0.291 e. The first-order chi connectivity index (χ1) is 10.4. The van der Waals surface area contributed by atoms with Crippen LogP contribution in [0.1, 0.15) is 43.7 Å². The number of aryl methyl sites for hydroxylation is 1. The third-order valence-corrected chi connectivity index (χ3v) is 2.69. The maximum absolute atomic E-state index is 8.36. The predicted octanol–water partition coefficient (Wildman–Crippen LogP) is 2.21. The molecule has 8 nitrogen and oxygen atoms in total. The Bertz CT molecular complexity index is 504. The number of hydrogen-bond donors (Lipinski definition) is 3. The Morgan fingerprint density at radius 1 is 1.23 bits per heavy atom. The van der Waals surface area contributed by atoms with E-state index in [2.05, 4.69) is 48.3 Å². The molecule has 0 unspecified atom stereocenters. The molecule has 0 saturated carbocycles. The number of rotatable bonds is 6. The monoisotopic (exact) mass is 309 g/mol. The van der Waals surface area contributed by atoms with Gasteiger partial charge < -0.3 is 16.7 Å². The minimum atomic E-state index is -1.50. The zero-order chi connectivity index (χ0) is 17.0. The van der Waals surface area contributed by atoms with Gasteiger partial charge in [-0.1, -0.05) is 49.6 Å². The second-order valence-corrected chi connectivity index (χ2v) is 4.63. The van der Waals surface area contributed by atoms with Crippen LogP contribution in [-0.4, -0.2) is 22.0 Å². The summed E-state index contributed by atoms with van der Waals surface area (Å²) in [7, 11) is 0. The second-order valence-electron chi connectivity index (χ2n) is 4.63. The van der Waals surface area contributed by atoms with Gasteiger partial charge in [0.2, 0.25) is 5.96 Å². The molecule has 0 atom stereocenters. The third-order valence-electron chi connectivity index (χ3n) is 2.69. The molecule has 0 aromatic heterocycles. The lowest BCUT2D eigenvalue weighted by Gasteiger charge is -2.05. The summed E-state index contributed by atoms with van der Waals surface area (Å²) in [5, 5.41) is 21.6. The summed E-state index contributed by atoms with van der Waals surface area (Å²) in [6, 6.07) is 8.26. The summed E-state index contributed by atoms with van der Waals surface area (Å²) < 4.78 is 0. The van der Waals surface area contributed by atoms with Crippen LogP contribution in [0.25, 0.3) is 0 Å². The molecule has 0 saturated heterocycles. The first-order valence-corrected chi connectivity index (χ1v) is 6.92. The Morgan fingerprint density at radius 2 is 1.77 bits per heavy atom. The van der Waals surface area contributed by atoms with Gasteiger partial charge in [-0.2, -0.15) is 5.10 Å². The van der Waals surface area contributed by atoms with Crippen LogP contribution in [0, 0.1) is 17.0 Å². The molecule has 8 heteroatoms. The SMILES string of the molecule is CCCCC/C(=N\N=C(N)N)c1ccc(C)cc1.O=[N+]([O-])O. The van der Waals surface area contributed by atoms with E-state index >= 15 is 0 Å². The van der Waals surface area contributed by atoms with Crippen molar-refractivity contribution in [3.63, 3.8) is 0 Å². The predicted molar refractivity (Wildman–Crippen MR) is 86.4 cm³/mol. The van der Waals surface area contributed by atoms with Crippen molar-refractivity contribution in [1.82, 2.24) is 0 Å². The number of nitrogens with two attached hydrogens (primary N) is 2. The van der Waals surface area contributed by atoms with Gasteiger partial charge in [-0.3, -0.25) is 0 Å². The van der Waals surface area contributed by atoms with E-state index in [9.17, 15) is 0 Å². The fourth-order valence-corrected chi connectivity index (χ4v) is 1.66. The molecule has 0 bridgehead atoms. The molecule has 0 radical (unpaired) electrons. The largest absolute Gasteiger partial charge is 0.369 e. The van der Waals surface area contributed by atoms with Crippen LogP contribution in [0.4, 0.5) is 0 Å². The number of unbranched alkanes of at least 4 members (excludes halogenated alkanes) is 2. The van der Waals surface area contributed by atoms with Gasteiger partial charge in [0.05, 0.1) is 5.71 Å². The molecule has 1 aromatic rings. The number of guanidine groups is 1. The highest BCUT2D eigenvalue weighted by molar-refractivity contribution is 6.00. The second kappa shape index (κ2) is 11.1. The zero-order valence-electron chi connectivity index (χ0n) is 12.9. The fourth-order valence-electron chi connectivity index (χ4n) is 1.66. The van der Waals surface area contributed by atoms with Crippen molar-refractivity contribution in [2.75, 3.05) is 0 Å². The molecule has 0 aliphatic carbocycles. The molecule has 122 valence electrons. The van der Waals surface area contributed by atoms with Gasteiger partial charge in [0.25, 0.3) is 5.09 Å². The molecule has 0 heterocycles. The van der Waals surface area contributed by atoms with Crippen LogP contribution in [0.2, 0.25) is 0 Å². The van der Waals surface area contributed by atoms with E-state index < -0.39 is 5.09 Å². The van der Waals surface area contributed by atoms with Crippen molar-refractivity contribution in [3.05, 3.63) is 45.5 Å². The first kappa shape index (κ1) is 19.4. The van der Waals surface area contributed by atoms with Crippen molar-refractivity contribution >= 4 is 11.7 Å². The Morgan fingerprint density at radius 3 is 2.23 bits per heavy atom.